The lowest BCUT2D eigenvalue weighted by atomic mass is 10.2. The number of nitrogens with one attached hydrogen (secondary N) is 1. The van der Waals surface area contributed by atoms with Gasteiger partial charge in [0.2, 0.25) is 5.88 Å². The first-order valence-electron chi connectivity index (χ1n) is 6.79. The molecule has 2 N–H and O–H groups in total. The molecule has 1 heterocycles. The quantitative estimate of drug-likeness (QED) is 0.580. The SMILES string of the molecule is CCOCCOCC(O)CNCc1ccc(OC)nc1. The van der Waals surface area contributed by atoms with Crippen LogP contribution in [0.25, 0.3) is 0 Å². The molecule has 20 heavy (non-hydrogen) atoms. The number of pyridine rings is 1. The number of aromatic nitrogens is 1. The van der Waals surface area contributed by atoms with Crippen LogP contribution in [0.1, 0.15) is 12.5 Å². The minimum Gasteiger partial charge on any atom is -0.481 e. The average Bonchev–Trinajstić information content (AvgIpc) is 2.48. The van der Waals surface area contributed by atoms with Crippen molar-refractivity contribution < 1.29 is 19.3 Å². The Kier molecular flexibility index (Phi) is 8.90. The van der Waals surface area contributed by atoms with Gasteiger partial charge < -0.3 is 24.6 Å². The molecule has 1 unspecified atom stereocenters. The second kappa shape index (κ2) is 10.6. The molecule has 6 nitrogen and oxygen atoms in total. The van der Waals surface area contributed by atoms with E-state index in [9.17, 15) is 5.11 Å². The summed E-state index contributed by atoms with van der Waals surface area (Å²) >= 11 is 0. The summed E-state index contributed by atoms with van der Waals surface area (Å²) in [5.74, 6) is 0.594. The lowest BCUT2D eigenvalue weighted by Gasteiger charge is -2.12. The van der Waals surface area contributed by atoms with E-state index in [4.69, 9.17) is 14.2 Å². The van der Waals surface area contributed by atoms with Gasteiger partial charge in [0.05, 0.1) is 33.0 Å². The zero-order valence-corrected chi connectivity index (χ0v) is 12.2. The molecule has 0 aliphatic rings. The molecule has 0 radical (unpaired) electrons. The molecule has 1 aromatic rings. The van der Waals surface area contributed by atoms with E-state index in [0.29, 0.717) is 45.4 Å². The lowest BCUT2D eigenvalue weighted by Crippen LogP contribution is -2.30. The topological polar surface area (TPSA) is 72.8 Å². The third-order valence-electron chi connectivity index (χ3n) is 2.60. The van der Waals surface area contributed by atoms with Crippen LogP contribution >= 0.6 is 0 Å². The third-order valence-corrected chi connectivity index (χ3v) is 2.60. The zero-order chi connectivity index (χ0) is 14.6. The second-order valence-corrected chi connectivity index (χ2v) is 4.27. The van der Waals surface area contributed by atoms with Crippen molar-refractivity contribution in [3.8, 4) is 5.88 Å². The van der Waals surface area contributed by atoms with Gasteiger partial charge in [-0.2, -0.15) is 0 Å². The Hall–Kier alpha value is -1.21. The Morgan fingerprint density at radius 3 is 2.75 bits per heavy atom. The molecule has 0 aliphatic carbocycles. The minimum absolute atomic E-state index is 0.306. The molecule has 0 fully saturated rings. The Balaban J connectivity index is 2.07. The normalized spacial score (nSPS) is 12.3. The number of hydrogen-bond acceptors (Lipinski definition) is 6. The standard InChI is InChI=1S/C14H24N2O4/c1-3-19-6-7-20-11-13(17)10-15-8-12-4-5-14(18-2)16-9-12/h4-5,9,13,15,17H,3,6-8,10-11H2,1-2H3. The number of nitrogens with zero attached hydrogens (tertiary/aromatic N) is 1. The van der Waals surface area contributed by atoms with Crippen LogP contribution in [0.3, 0.4) is 0 Å². The summed E-state index contributed by atoms with van der Waals surface area (Å²) in [5.41, 5.74) is 1.04. The summed E-state index contributed by atoms with van der Waals surface area (Å²) in [6.07, 6.45) is 1.22. The first-order valence-corrected chi connectivity index (χ1v) is 6.79. The average molecular weight is 284 g/mol. The van der Waals surface area contributed by atoms with E-state index < -0.39 is 6.10 Å². The lowest BCUT2D eigenvalue weighted by molar-refractivity contribution is 0.00642. The van der Waals surface area contributed by atoms with Gasteiger partial charge in [0.25, 0.3) is 0 Å². The van der Waals surface area contributed by atoms with Gasteiger partial charge in [-0.3, -0.25) is 0 Å². The summed E-state index contributed by atoms with van der Waals surface area (Å²) < 4.78 is 15.4. The van der Waals surface area contributed by atoms with Crippen molar-refractivity contribution in [3.63, 3.8) is 0 Å². The van der Waals surface area contributed by atoms with Crippen LogP contribution in [0.2, 0.25) is 0 Å². The van der Waals surface area contributed by atoms with Gasteiger partial charge in [0.1, 0.15) is 0 Å². The van der Waals surface area contributed by atoms with Crippen LogP contribution in [0.15, 0.2) is 18.3 Å². The first kappa shape index (κ1) is 16.8. The highest BCUT2D eigenvalue weighted by Gasteiger charge is 2.04. The van der Waals surface area contributed by atoms with Crippen LogP contribution in [0.4, 0.5) is 0 Å². The van der Waals surface area contributed by atoms with Crippen LogP contribution < -0.4 is 10.1 Å². The molecule has 0 saturated heterocycles. The van der Waals surface area contributed by atoms with E-state index >= 15 is 0 Å². The molecule has 0 spiro atoms. The molecule has 114 valence electrons. The molecule has 0 aliphatic heterocycles. The maximum atomic E-state index is 9.70. The van der Waals surface area contributed by atoms with Crippen molar-refractivity contribution in [2.45, 2.75) is 19.6 Å². The molecule has 0 saturated carbocycles. The van der Waals surface area contributed by atoms with Crippen LogP contribution in [0.5, 0.6) is 5.88 Å². The fourth-order valence-corrected chi connectivity index (χ4v) is 1.56. The highest BCUT2D eigenvalue weighted by molar-refractivity contribution is 5.17. The summed E-state index contributed by atoms with van der Waals surface area (Å²) in [4.78, 5) is 4.11. The van der Waals surface area contributed by atoms with E-state index in [0.717, 1.165) is 5.56 Å². The van der Waals surface area contributed by atoms with E-state index in [1.54, 1.807) is 13.3 Å². The monoisotopic (exact) mass is 284 g/mol. The molecule has 0 amide bonds. The molecule has 0 bridgehead atoms. The van der Waals surface area contributed by atoms with Crippen molar-refractivity contribution in [1.29, 1.82) is 0 Å². The van der Waals surface area contributed by atoms with E-state index in [1.807, 2.05) is 19.1 Å². The second-order valence-electron chi connectivity index (χ2n) is 4.27. The first-order chi connectivity index (χ1) is 9.76. The number of rotatable bonds is 11. The fourth-order valence-electron chi connectivity index (χ4n) is 1.56. The molecule has 1 rings (SSSR count). The van der Waals surface area contributed by atoms with Crippen LogP contribution in [0, 0.1) is 0 Å². The largest absolute Gasteiger partial charge is 0.481 e. The smallest absolute Gasteiger partial charge is 0.212 e. The van der Waals surface area contributed by atoms with Gasteiger partial charge in [0, 0.05) is 32.0 Å². The molecular weight excluding hydrogens is 260 g/mol. The maximum absolute atomic E-state index is 9.70. The Labute approximate surface area is 120 Å². The van der Waals surface area contributed by atoms with Gasteiger partial charge in [-0.25, -0.2) is 4.98 Å². The van der Waals surface area contributed by atoms with Gasteiger partial charge in [-0.1, -0.05) is 6.07 Å². The molecule has 0 aromatic carbocycles. The molecular formula is C14H24N2O4. The van der Waals surface area contributed by atoms with Crippen molar-refractivity contribution in [1.82, 2.24) is 10.3 Å². The third kappa shape index (κ3) is 7.40. The Morgan fingerprint density at radius 1 is 1.30 bits per heavy atom. The van der Waals surface area contributed by atoms with E-state index in [-0.39, 0.29) is 0 Å². The zero-order valence-electron chi connectivity index (χ0n) is 12.2. The maximum Gasteiger partial charge on any atom is 0.212 e. The van der Waals surface area contributed by atoms with Gasteiger partial charge in [-0.05, 0) is 12.5 Å². The summed E-state index contributed by atoms with van der Waals surface area (Å²) in [7, 11) is 1.59. The highest BCUT2D eigenvalue weighted by atomic mass is 16.5. The Bertz CT molecular complexity index is 346. The summed E-state index contributed by atoms with van der Waals surface area (Å²) in [6.45, 7) is 5.12. The van der Waals surface area contributed by atoms with Crippen molar-refractivity contribution in [2.75, 3.05) is 40.1 Å². The number of aliphatic hydroxyl groups is 1. The summed E-state index contributed by atoms with van der Waals surface area (Å²) in [5, 5.41) is 12.9. The van der Waals surface area contributed by atoms with Crippen molar-refractivity contribution >= 4 is 0 Å². The van der Waals surface area contributed by atoms with Crippen molar-refractivity contribution in [2.24, 2.45) is 0 Å². The minimum atomic E-state index is -0.525. The fraction of sp³-hybridized carbons (Fsp3) is 0.643. The molecule has 6 heteroatoms. The summed E-state index contributed by atoms with van der Waals surface area (Å²) in [6, 6.07) is 3.74. The van der Waals surface area contributed by atoms with Gasteiger partial charge in [-0.15, -0.1) is 0 Å². The van der Waals surface area contributed by atoms with Gasteiger partial charge in [0.15, 0.2) is 0 Å². The van der Waals surface area contributed by atoms with Crippen LogP contribution in [-0.4, -0.2) is 56.3 Å². The van der Waals surface area contributed by atoms with Crippen LogP contribution in [-0.2, 0) is 16.0 Å². The van der Waals surface area contributed by atoms with Gasteiger partial charge >= 0.3 is 0 Å². The molecule has 1 aromatic heterocycles. The number of ether oxygens (including phenoxy) is 3. The predicted octanol–water partition coefficient (Wildman–Crippen LogP) is 0.594. The van der Waals surface area contributed by atoms with E-state index in [2.05, 4.69) is 10.3 Å². The molecule has 1 atom stereocenters. The number of aliphatic hydroxyl groups excluding tert-OH is 1. The predicted molar refractivity (Wildman–Crippen MR) is 75.8 cm³/mol. The Morgan fingerprint density at radius 2 is 2.10 bits per heavy atom. The van der Waals surface area contributed by atoms with E-state index in [1.165, 1.54) is 0 Å². The number of hydrogen-bond donors (Lipinski definition) is 2. The highest BCUT2D eigenvalue weighted by Crippen LogP contribution is 2.06. The number of methoxy groups -OCH3 is 1. The van der Waals surface area contributed by atoms with Crippen molar-refractivity contribution in [3.05, 3.63) is 23.9 Å².